The van der Waals surface area contributed by atoms with Crippen molar-refractivity contribution in [2.75, 3.05) is 12.4 Å². The van der Waals surface area contributed by atoms with E-state index in [2.05, 4.69) is 20.0 Å². The van der Waals surface area contributed by atoms with Crippen molar-refractivity contribution in [1.29, 1.82) is 0 Å². The molecule has 3 rings (SSSR count). The zero-order chi connectivity index (χ0) is 14.7. The third-order valence-electron chi connectivity index (χ3n) is 3.01. The van der Waals surface area contributed by atoms with Gasteiger partial charge in [0.05, 0.1) is 30.3 Å². The Labute approximate surface area is 120 Å². The topological polar surface area (TPSA) is 77.2 Å². The first-order valence-corrected chi connectivity index (χ1v) is 6.36. The number of fused-ring (bicyclic) bond motifs is 1. The number of carbonyl (C=O) groups excluding carboxylic acids is 1. The van der Waals surface area contributed by atoms with E-state index in [4.69, 9.17) is 4.42 Å². The van der Waals surface area contributed by atoms with Gasteiger partial charge < -0.3 is 14.5 Å². The summed E-state index contributed by atoms with van der Waals surface area (Å²) in [7, 11) is 1.34. The minimum absolute atomic E-state index is 0.402. The molecule has 0 aliphatic rings. The van der Waals surface area contributed by atoms with E-state index in [9.17, 15) is 4.79 Å². The summed E-state index contributed by atoms with van der Waals surface area (Å²) in [6, 6.07) is 7.38. The Kier molecular flexibility index (Phi) is 3.51. The fourth-order valence-electron chi connectivity index (χ4n) is 1.96. The van der Waals surface area contributed by atoms with Crippen molar-refractivity contribution in [3.63, 3.8) is 0 Å². The molecule has 1 N–H and O–H groups in total. The first kappa shape index (κ1) is 13.1. The molecule has 0 atom stereocenters. The smallest absolute Gasteiger partial charge is 0.341 e. The second kappa shape index (κ2) is 5.62. The summed E-state index contributed by atoms with van der Waals surface area (Å²) in [4.78, 5) is 19.8. The first-order valence-electron chi connectivity index (χ1n) is 6.36. The first-order chi connectivity index (χ1) is 10.3. The van der Waals surface area contributed by atoms with E-state index >= 15 is 0 Å². The van der Waals surface area contributed by atoms with Crippen molar-refractivity contribution in [1.82, 2.24) is 9.97 Å². The molecule has 0 unspecified atom stereocenters. The van der Waals surface area contributed by atoms with E-state index in [1.54, 1.807) is 18.5 Å². The van der Waals surface area contributed by atoms with Crippen LogP contribution in [-0.2, 0) is 11.3 Å². The van der Waals surface area contributed by atoms with Crippen LogP contribution in [0, 0.1) is 0 Å². The van der Waals surface area contributed by atoms with Gasteiger partial charge in [-0.3, -0.25) is 9.97 Å². The average Bonchev–Trinajstić information content (AvgIpc) is 3.01. The minimum atomic E-state index is -0.411. The number of furan rings is 1. The van der Waals surface area contributed by atoms with Gasteiger partial charge in [0, 0.05) is 18.1 Å². The highest BCUT2D eigenvalue weighted by molar-refractivity contribution is 5.89. The maximum atomic E-state index is 11.3. The van der Waals surface area contributed by atoms with Crippen LogP contribution in [0.5, 0.6) is 0 Å². The summed E-state index contributed by atoms with van der Waals surface area (Å²) in [6.45, 7) is 0.461. The van der Waals surface area contributed by atoms with Gasteiger partial charge in [-0.1, -0.05) is 0 Å². The van der Waals surface area contributed by atoms with Crippen LogP contribution in [0.4, 0.5) is 5.69 Å². The van der Waals surface area contributed by atoms with Crippen LogP contribution >= 0.6 is 0 Å². The van der Waals surface area contributed by atoms with Crippen LogP contribution in [0.3, 0.4) is 0 Å². The molecule has 0 amide bonds. The summed E-state index contributed by atoms with van der Waals surface area (Å²) < 4.78 is 9.93. The average molecular weight is 283 g/mol. The van der Waals surface area contributed by atoms with E-state index in [0.717, 1.165) is 16.7 Å². The van der Waals surface area contributed by atoms with Gasteiger partial charge in [0.1, 0.15) is 12.0 Å². The van der Waals surface area contributed by atoms with Crippen LogP contribution in [0.1, 0.15) is 16.1 Å². The number of benzene rings is 1. The Morgan fingerprint density at radius 2 is 2.05 bits per heavy atom. The Morgan fingerprint density at radius 1 is 1.24 bits per heavy atom. The molecule has 6 nitrogen and oxygen atoms in total. The number of anilines is 1. The standard InChI is InChI=1S/C15H13N3O3/c1-20-15(19)10-6-12(21-9-10)8-18-11-2-3-13-14(7-11)17-5-4-16-13/h2-7,9,18H,8H2,1H3. The summed E-state index contributed by atoms with van der Waals surface area (Å²) in [6.07, 6.45) is 4.70. The van der Waals surface area contributed by atoms with E-state index in [0.29, 0.717) is 17.9 Å². The van der Waals surface area contributed by atoms with Gasteiger partial charge in [-0.05, 0) is 24.3 Å². The number of carbonyl (C=O) groups is 1. The number of nitrogens with one attached hydrogen (secondary N) is 1. The Bertz CT molecular complexity index is 782. The van der Waals surface area contributed by atoms with Crippen molar-refractivity contribution in [2.45, 2.75) is 6.54 Å². The largest absolute Gasteiger partial charge is 0.467 e. The van der Waals surface area contributed by atoms with Gasteiger partial charge in [0.2, 0.25) is 0 Å². The summed E-state index contributed by atoms with van der Waals surface area (Å²) >= 11 is 0. The number of ether oxygens (including phenoxy) is 1. The van der Waals surface area contributed by atoms with Gasteiger partial charge in [-0.15, -0.1) is 0 Å². The zero-order valence-electron chi connectivity index (χ0n) is 11.4. The van der Waals surface area contributed by atoms with Crippen LogP contribution in [0.2, 0.25) is 0 Å². The van der Waals surface area contributed by atoms with E-state index in [-0.39, 0.29) is 0 Å². The molecule has 0 bridgehead atoms. The monoisotopic (exact) mass is 283 g/mol. The molecule has 2 aromatic heterocycles. The fourth-order valence-corrected chi connectivity index (χ4v) is 1.96. The van der Waals surface area contributed by atoms with Crippen molar-refractivity contribution < 1.29 is 13.9 Å². The van der Waals surface area contributed by atoms with Crippen molar-refractivity contribution >= 4 is 22.7 Å². The second-order valence-electron chi connectivity index (χ2n) is 4.41. The van der Waals surface area contributed by atoms with Crippen LogP contribution in [-0.4, -0.2) is 23.0 Å². The molecule has 21 heavy (non-hydrogen) atoms. The number of nitrogens with zero attached hydrogens (tertiary/aromatic N) is 2. The lowest BCUT2D eigenvalue weighted by molar-refractivity contribution is 0.0600. The molecule has 0 fully saturated rings. The highest BCUT2D eigenvalue weighted by Gasteiger charge is 2.09. The molecule has 0 aliphatic heterocycles. The van der Waals surface area contributed by atoms with E-state index < -0.39 is 5.97 Å². The predicted octanol–water partition coefficient (Wildman–Crippen LogP) is 2.62. The third kappa shape index (κ3) is 2.84. The van der Waals surface area contributed by atoms with Crippen LogP contribution < -0.4 is 5.32 Å². The number of methoxy groups -OCH3 is 1. The zero-order valence-corrected chi connectivity index (χ0v) is 11.4. The third-order valence-corrected chi connectivity index (χ3v) is 3.01. The Morgan fingerprint density at radius 3 is 2.86 bits per heavy atom. The molecule has 0 spiro atoms. The van der Waals surface area contributed by atoms with E-state index in [1.807, 2.05) is 18.2 Å². The molecule has 3 aromatic rings. The maximum absolute atomic E-state index is 11.3. The molecule has 0 aliphatic carbocycles. The summed E-state index contributed by atoms with van der Waals surface area (Å²) in [5.41, 5.74) is 2.96. The number of esters is 1. The molecule has 0 saturated carbocycles. The van der Waals surface area contributed by atoms with Crippen molar-refractivity contribution in [3.05, 3.63) is 54.2 Å². The quantitative estimate of drug-likeness (QED) is 0.742. The predicted molar refractivity (Wildman–Crippen MR) is 76.9 cm³/mol. The Hall–Kier alpha value is -2.89. The van der Waals surface area contributed by atoms with E-state index in [1.165, 1.54) is 13.4 Å². The SMILES string of the molecule is COC(=O)c1coc(CNc2ccc3nccnc3c2)c1. The Balaban J connectivity index is 1.71. The van der Waals surface area contributed by atoms with Gasteiger partial charge in [-0.2, -0.15) is 0 Å². The molecule has 0 radical (unpaired) electrons. The van der Waals surface area contributed by atoms with Gasteiger partial charge >= 0.3 is 5.97 Å². The molecular weight excluding hydrogens is 270 g/mol. The molecule has 106 valence electrons. The number of hydrogen-bond acceptors (Lipinski definition) is 6. The number of hydrogen-bond donors (Lipinski definition) is 1. The number of rotatable bonds is 4. The normalized spacial score (nSPS) is 10.5. The van der Waals surface area contributed by atoms with Crippen LogP contribution in [0.15, 0.2) is 47.3 Å². The highest BCUT2D eigenvalue weighted by Crippen LogP contribution is 2.17. The molecule has 0 saturated heterocycles. The summed E-state index contributed by atoms with van der Waals surface area (Å²) in [5, 5.41) is 3.21. The second-order valence-corrected chi connectivity index (χ2v) is 4.41. The molecule has 1 aromatic carbocycles. The van der Waals surface area contributed by atoms with Crippen molar-refractivity contribution in [3.8, 4) is 0 Å². The summed E-state index contributed by atoms with van der Waals surface area (Å²) in [5.74, 6) is 0.237. The lowest BCUT2D eigenvalue weighted by Crippen LogP contribution is -2.00. The van der Waals surface area contributed by atoms with Crippen LogP contribution in [0.25, 0.3) is 11.0 Å². The molecule has 6 heteroatoms. The maximum Gasteiger partial charge on any atom is 0.341 e. The molecular formula is C15H13N3O3. The highest BCUT2D eigenvalue weighted by atomic mass is 16.5. The minimum Gasteiger partial charge on any atom is -0.467 e. The van der Waals surface area contributed by atoms with Gasteiger partial charge in [0.15, 0.2) is 0 Å². The van der Waals surface area contributed by atoms with Gasteiger partial charge in [0.25, 0.3) is 0 Å². The van der Waals surface area contributed by atoms with Gasteiger partial charge in [-0.25, -0.2) is 4.79 Å². The lowest BCUT2D eigenvalue weighted by Gasteiger charge is -2.05. The number of aromatic nitrogens is 2. The fraction of sp³-hybridized carbons (Fsp3) is 0.133. The van der Waals surface area contributed by atoms with Crippen molar-refractivity contribution in [2.24, 2.45) is 0 Å². The lowest BCUT2D eigenvalue weighted by atomic mass is 10.2. The molecule has 2 heterocycles.